The number of ether oxygens (including phenoxy) is 3. The normalized spacial score (nSPS) is 14.9. The Kier molecular flexibility index (Phi) is 8.97. The van der Waals surface area contributed by atoms with Crippen LogP contribution in [0.4, 0.5) is 8.78 Å². The highest BCUT2D eigenvalue weighted by Crippen LogP contribution is 2.27. The van der Waals surface area contributed by atoms with Gasteiger partial charge in [0.1, 0.15) is 23.1 Å². The van der Waals surface area contributed by atoms with Gasteiger partial charge in [0.25, 0.3) is 5.91 Å². The minimum absolute atomic E-state index is 0.106. The second kappa shape index (κ2) is 12.4. The standard InChI is InChI=1S/C28H29ClF2N2O4/c1-35-21-10-11-22(26(16-21)36-2)28(34)33-14-12-32(13-15-33)17-27(19-6-8-20(29)9-7-19)37-18-23-24(30)4-3-5-25(23)31/h3-11,16,27H,12-15,17-18H2,1-2H3. The number of piperazine rings is 1. The molecule has 6 nitrogen and oxygen atoms in total. The van der Waals surface area contributed by atoms with Crippen LogP contribution < -0.4 is 9.47 Å². The molecule has 0 spiro atoms. The van der Waals surface area contributed by atoms with Crippen molar-refractivity contribution >= 4 is 17.5 Å². The number of benzene rings is 3. The van der Waals surface area contributed by atoms with Crippen molar-refractivity contribution in [1.29, 1.82) is 0 Å². The van der Waals surface area contributed by atoms with Gasteiger partial charge in [0.05, 0.1) is 32.5 Å². The fraction of sp³-hybridized carbons (Fsp3) is 0.321. The molecule has 1 aliphatic heterocycles. The van der Waals surface area contributed by atoms with Crippen LogP contribution >= 0.6 is 11.6 Å². The average Bonchev–Trinajstić information content (AvgIpc) is 2.92. The number of hydrogen-bond acceptors (Lipinski definition) is 5. The molecule has 1 unspecified atom stereocenters. The van der Waals surface area contributed by atoms with E-state index < -0.39 is 17.7 Å². The summed E-state index contributed by atoms with van der Waals surface area (Å²) in [6, 6.07) is 16.1. The van der Waals surface area contributed by atoms with Gasteiger partial charge in [-0.05, 0) is 42.0 Å². The van der Waals surface area contributed by atoms with E-state index in [4.69, 9.17) is 25.8 Å². The summed E-state index contributed by atoms with van der Waals surface area (Å²) in [5, 5.41) is 0.587. The molecule has 1 saturated heterocycles. The average molecular weight is 531 g/mol. The van der Waals surface area contributed by atoms with Gasteiger partial charge in [-0.25, -0.2) is 8.78 Å². The Morgan fingerprint density at radius 2 is 1.62 bits per heavy atom. The van der Waals surface area contributed by atoms with E-state index in [2.05, 4.69) is 4.90 Å². The monoisotopic (exact) mass is 530 g/mol. The number of halogens is 3. The summed E-state index contributed by atoms with van der Waals surface area (Å²) in [5.74, 6) is -0.323. The first-order valence-electron chi connectivity index (χ1n) is 11.9. The summed E-state index contributed by atoms with van der Waals surface area (Å²) < 4.78 is 45.0. The number of nitrogens with zero attached hydrogens (tertiary/aromatic N) is 2. The minimum Gasteiger partial charge on any atom is -0.497 e. The van der Waals surface area contributed by atoms with Crippen molar-refractivity contribution in [3.05, 3.63) is 94.0 Å². The first-order chi connectivity index (χ1) is 17.9. The van der Waals surface area contributed by atoms with Crippen molar-refractivity contribution in [3.8, 4) is 11.5 Å². The van der Waals surface area contributed by atoms with Gasteiger partial charge in [0.15, 0.2) is 0 Å². The van der Waals surface area contributed by atoms with Gasteiger partial charge < -0.3 is 19.1 Å². The summed E-state index contributed by atoms with van der Waals surface area (Å²) in [6.07, 6.45) is -0.444. The summed E-state index contributed by atoms with van der Waals surface area (Å²) >= 11 is 6.05. The lowest BCUT2D eigenvalue weighted by Gasteiger charge is -2.36. The molecular weight excluding hydrogens is 502 g/mol. The van der Waals surface area contributed by atoms with Crippen LogP contribution in [0.2, 0.25) is 5.02 Å². The molecule has 0 bridgehead atoms. The van der Waals surface area contributed by atoms with E-state index in [1.54, 1.807) is 42.3 Å². The molecule has 0 aliphatic carbocycles. The first kappa shape index (κ1) is 26.9. The van der Waals surface area contributed by atoms with Crippen LogP contribution in [-0.4, -0.2) is 62.7 Å². The van der Waals surface area contributed by atoms with Crippen molar-refractivity contribution in [2.75, 3.05) is 46.9 Å². The second-order valence-electron chi connectivity index (χ2n) is 8.71. The third kappa shape index (κ3) is 6.57. The van der Waals surface area contributed by atoms with Crippen molar-refractivity contribution in [1.82, 2.24) is 9.80 Å². The Hall–Kier alpha value is -3.20. The number of rotatable bonds is 9. The lowest BCUT2D eigenvalue weighted by atomic mass is 10.1. The van der Waals surface area contributed by atoms with Gasteiger partial charge >= 0.3 is 0 Å². The van der Waals surface area contributed by atoms with Gasteiger partial charge in [0, 0.05) is 49.4 Å². The maximum atomic E-state index is 14.2. The van der Waals surface area contributed by atoms with E-state index in [0.717, 1.165) is 5.56 Å². The largest absolute Gasteiger partial charge is 0.497 e. The van der Waals surface area contributed by atoms with Crippen molar-refractivity contribution < 1.29 is 27.8 Å². The van der Waals surface area contributed by atoms with E-state index in [-0.39, 0.29) is 18.1 Å². The molecule has 3 aromatic carbocycles. The Labute approximate surface area is 220 Å². The fourth-order valence-corrected chi connectivity index (χ4v) is 4.43. The van der Waals surface area contributed by atoms with E-state index >= 15 is 0 Å². The lowest BCUT2D eigenvalue weighted by molar-refractivity contribution is 0.00142. The molecule has 0 saturated carbocycles. The SMILES string of the molecule is COc1ccc(C(=O)N2CCN(CC(OCc3c(F)cccc3F)c3ccc(Cl)cc3)CC2)c(OC)c1. The molecule has 3 aromatic rings. The Balaban J connectivity index is 1.42. The van der Waals surface area contributed by atoms with Gasteiger partial charge in [0.2, 0.25) is 0 Å². The third-order valence-corrected chi connectivity index (χ3v) is 6.71. The van der Waals surface area contributed by atoms with E-state index in [0.29, 0.717) is 54.8 Å². The zero-order valence-corrected chi connectivity index (χ0v) is 21.5. The quantitative estimate of drug-likeness (QED) is 0.373. The van der Waals surface area contributed by atoms with Gasteiger partial charge in [-0.15, -0.1) is 0 Å². The van der Waals surface area contributed by atoms with Crippen LogP contribution in [0.1, 0.15) is 27.6 Å². The van der Waals surface area contributed by atoms with Crippen LogP contribution in [0.5, 0.6) is 11.5 Å². The summed E-state index contributed by atoms with van der Waals surface area (Å²) in [5.41, 5.74) is 1.22. The lowest BCUT2D eigenvalue weighted by Crippen LogP contribution is -2.49. The minimum atomic E-state index is -0.643. The predicted octanol–water partition coefficient (Wildman–Crippen LogP) is 5.35. The van der Waals surface area contributed by atoms with Gasteiger partial charge in [-0.2, -0.15) is 0 Å². The molecule has 1 heterocycles. The molecule has 0 N–H and O–H groups in total. The van der Waals surface area contributed by atoms with E-state index in [1.807, 2.05) is 12.1 Å². The van der Waals surface area contributed by atoms with E-state index in [9.17, 15) is 13.6 Å². The van der Waals surface area contributed by atoms with Crippen molar-refractivity contribution in [2.45, 2.75) is 12.7 Å². The second-order valence-corrected chi connectivity index (χ2v) is 9.15. The van der Waals surface area contributed by atoms with E-state index in [1.165, 1.54) is 25.3 Å². The highest BCUT2D eigenvalue weighted by Gasteiger charge is 2.27. The Morgan fingerprint density at radius 1 is 0.946 bits per heavy atom. The molecule has 37 heavy (non-hydrogen) atoms. The number of amides is 1. The zero-order chi connectivity index (χ0) is 26.4. The van der Waals surface area contributed by atoms with Crippen LogP contribution in [0, 0.1) is 11.6 Å². The number of hydrogen-bond donors (Lipinski definition) is 0. The Morgan fingerprint density at radius 3 is 2.24 bits per heavy atom. The molecular formula is C28H29ClF2N2O4. The van der Waals surface area contributed by atoms with Crippen molar-refractivity contribution in [3.63, 3.8) is 0 Å². The topological polar surface area (TPSA) is 51.2 Å². The highest BCUT2D eigenvalue weighted by molar-refractivity contribution is 6.30. The molecule has 1 fully saturated rings. The number of carbonyl (C=O) groups excluding carboxylic acids is 1. The van der Waals surface area contributed by atoms with Crippen LogP contribution in [-0.2, 0) is 11.3 Å². The van der Waals surface area contributed by atoms with Crippen LogP contribution in [0.15, 0.2) is 60.7 Å². The number of carbonyl (C=O) groups is 1. The maximum absolute atomic E-state index is 14.2. The summed E-state index contributed by atoms with van der Waals surface area (Å²) in [7, 11) is 3.08. The maximum Gasteiger partial charge on any atom is 0.257 e. The highest BCUT2D eigenvalue weighted by atomic mass is 35.5. The van der Waals surface area contributed by atoms with Crippen LogP contribution in [0.25, 0.3) is 0 Å². The first-order valence-corrected chi connectivity index (χ1v) is 12.3. The molecule has 1 atom stereocenters. The smallest absolute Gasteiger partial charge is 0.257 e. The third-order valence-electron chi connectivity index (χ3n) is 6.45. The molecule has 1 amide bonds. The van der Waals surface area contributed by atoms with Crippen LogP contribution in [0.3, 0.4) is 0 Å². The molecule has 4 rings (SSSR count). The molecule has 0 radical (unpaired) electrons. The summed E-state index contributed by atoms with van der Waals surface area (Å²) in [6.45, 7) is 2.55. The fourth-order valence-electron chi connectivity index (χ4n) is 4.30. The van der Waals surface area contributed by atoms with Crippen molar-refractivity contribution in [2.24, 2.45) is 0 Å². The van der Waals surface area contributed by atoms with Gasteiger partial charge in [-0.1, -0.05) is 29.8 Å². The molecule has 196 valence electrons. The van der Waals surface area contributed by atoms with Gasteiger partial charge in [-0.3, -0.25) is 9.69 Å². The zero-order valence-electron chi connectivity index (χ0n) is 20.8. The molecule has 1 aliphatic rings. The Bertz CT molecular complexity index is 1200. The molecule has 9 heteroatoms. The number of methoxy groups -OCH3 is 2. The summed E-state index contributed by atoms with van der Waals surface area (Å²) in [4.78, 5) is 17.1. The predicted molar refractivity (Wildman–Crippen MR) is 137 cm³/mol. The molecule has 0 aromatic heterocycles.